The van der Waals surface area contributed by atoms with E-state index in [9.17, 15) is 9.59 Å². The molecule has 0 aromatic heterocycles. The summed E-state index contributed by atoms with van der Waals surface area (Å²) < 4.78 is 24.8. The molecule has 25 heavy (non-hydrogen) atoms. The standard InChI is InChI=1S/C17H23NO7/c1-4-18(16(19)24-11-25-17(20)21-5-2)12(3)8-13-6-7-14-15(9-13)23-10-22-14/h6-7,9,12H,4-5,8,10-11H2,1-3H3. The van der Waals surface area contributed by atoms with Crippen LogP contribution >= 0.6 is 0 Å². The van der Waals surface area contributed by atoms with Crippen molar-refractivity contribution < 1.29 is 33.3 Å². The summed E-state index contributed by atoms with van der Waals surface area (Å²) in [4.78, 5) is 24.8. The molecule has 8 heteroatoms. The molecule has 0 bridgehead atoms. The number of fused-ring (bicyclic) bond motifs is 1. The van der Waals surface area contributed by atoms with Crippen molar-refractivity contribution >= 4 is 12.2 Å². The number of carbonyl (C=O) groups is 2. The summed E-state index contributed by atoms with van der Waals surface area (Å²) in [6.45, 7) is 5.83. The van der Waals surface area contributed by atoms with Gasteiger partial charge < -0.3 is 28.6 Å². The first-order chi connectivity index (χ1) is 12.0. The zero-order valence-electron chi connectivity index (χ0n) is 14.6. The molecule has 1 amide bonds. The van der Waals surface area contributed by atoms with Gasteiger partial charge in [0.2, 0.25) is 13.6 Å². The maximum absolute atomic E-state index is 12.2. The maximum atomic E-state index is 12.2. The predicted octanol–water partition coefficient (Wildman–Crippen LogP) is 2.94. The lowest BCUT2D eigenvalue weighted by molar-refractivity contribution is -0.0249. The number of nitrogens with zero attached hydrogens (tertiary/aromatic N) is 1. The summed E-state index contributed by atoms with van der Waals surface area (Å²) >= 11 is 0. The van der Waals surface area contributed by atoms with Gasteiger partial charge in [-0.05, 0) is 44.9 Å². The molecule has 1 aliphatic rings. The molecule has 0 saturated carbocycles. The first-order valence-electron chi connectivity index (χ1n) is 8.16. The van der Waals surface area contributed by atoms with Crippen LogP contribution in [-0.4, -0.2) is 49.9 Å². The van der Waals surface area contributed by atoms with Crippen LogP contribution < -0.4 is 9.47 Å². The van der Waals surface area contributed by atoms with E-state index in [0.717, 1.165) is 11.3 Å². The molecule has 1 unspecified atom stereocenters. The molecule has 138 valence electrons. The van der Waals surface area contributed by atoms with E-state index in [4.69, 9.17) is 14.2 Å². The highest BCUT2D eigenvalue weighted by molar-refractivity contribution is 5.68. The molecular formula is C17H23NO7. The van der Waals surface area contributed by atoms with Gasteiger partial charge in [-0.3, -0.25) is 0 Å². The molecule has 0 radical (unpaired) electrons. The smallest absolute Gasteiger partial charge is 0.454 e. The molecule has 1 aliphatic heterocycles. The van der Waals surface area contributed by atoms with Crippen LogP contribution in [0.15, 0.2) is 18.2 Å². The van der Waals surface area contributed by atoms with E-state index in [-0.39, 0.29) is 19.4 Å². The van der Waals surface area contributed by atoms with Gasteiger partial charge in [-0.2, -0.15) is 0 Å². The lowest BCUT2D eigenvalue weighted by Gasteiger charge is -2.27. The van der Waals surface area contributed by atoms with Crippen molar-refractivity contribution in [3.8, 4) is 11.5 Å². The Morgan fingerprint density at radius 1 is 1.16 bits per heavy atom. The van der Waals surface area contributed by atoms with E-state index < -0.39 is 19.0 Å². The van der Waals surface area contributed by atoms with Gasteiger partial charge in [0.25, 0.3) is 0 Å². The monoisotopic (exact) mass is 353 g/mol. The van der Waals surface area contributed by atoms with Gasteiger partial charge in [0, 0.05) is 12.6 Å². The Bertz CT molecular complexity index is 605. The van der Waals surface area contributed by atoms with Crippen LogP contribution in [0.2, 0.25) is 0 Å². The van der Waals surface area contributed by atoms with E-state index in [1.54, 1.807) is 11.8 Å². The number of likely N-dealkylation sites (N-methyl/N-ethyl adjacent to an activating group) is 1. The largest absolute Gasteiger partial charge is 0.511 e. The van der Waals surface area contributed by atoms with Crippen LogP contribution in [0.25, 0.3) is 0 Å². The minimum Gasteiger partial charge on any atom is -0.454 e. The first kappa shape index (κ1) is 18.7. The zero-order chi connectivity index (χ0) is 18.2. The Balaban J connectivity index is 1.86. The number of hydrogen-bond acceptors (Lipinski definition) is 7. The summed E-state index contributed by atoms with van der Waals surface area (Å²) in [6, 6.07) is 5.58. The fourth-order valence-electron chi connectivity index (χ4n) is 2.51. The number of rotatable bonds is 7. The Hall–Kier alpha value is -2.64. The zero-order valence-corrected chi connectivity index (χ0v) is 14.6. The minimum atomic E-state index is -0.869. The minimum absolute atomic E-state index is 0.111. The number of benzene rings is 1. The van der Waals surface area contributed by atoms with Crippen molar-refractivity contribution in [1.29, 1.82) is 0 Å². The molecule has 2 rings (SSSR count). The first-order valence-corrected chi connectivity index (χ1v) is 8.16. The summed E-state index contributed by atoms with van der Waals surface area (Å²) in [7, 11) is 0. The Labute approximate surface area is 146 Å². The normalized spacial score (nSPS) is 13.1. The second-order valence-electron chi connectivity index (χ2n) is 5.38. The van der Waals surface area contributed by atoms with Crippen molar-refractivity contribution in [2.75, 3.05) is 26.7 Å². The second-order valence-corrected chi connectivity index (χ2v) is 5.38. The van der Waals surface area contributed by atoms with Gasteiger partial charge >= 0.3 is 12.2 Å². The summed E-state index contributed by atoms with van der Waals surface area (Å²) in [5.41, 5.74) is 1.02. The number of ether oxygens (including phenoxy) is 5. The molecule has 0 N–H and O–H groups in total. The SMILES string of the molecule is CCOC(=O)OCOC(=O)N(CC)C(C)Cc1ccc2c(c1)OCO2. The highest BCUT2D eigenvalue weighted by Gasteiger charge is 2.22. The van der Waals surface area contributed by atoms with Crippen LogP contribution in [0.1, 0.15) is 26.3 Å². The van der Waals surface area contributed by atoms with Crippen LogP contribution in [0.3, 0.4) is 0 Å². The number of carbonyl (C=O) groups excluding carboxylic acids is 2. The van der Waals surface area contributed by atoms with Crippen molar-refractivity contribution in [2.24, 2.45) is 0 Å². The third-order valence-corrected chi connectivity index (χ3v) is 3.70. The lowest BCUT2D eigenvalue weighted by Crippen LogP contribution is -2.40. The van der Waals surface area contributed by atoms with Gasteiger partial charge in [-0.25, -0.2) is 9.59 Å². The van der Waals surface area contributed by atoms with Crippen LogP contribution in [-0.2, 0) is 20.6 Å². The second kappa shape index (κ2) is 9.00. The van der Waals surface area contributed by atoms with Gasteiger partial charge in [0.05, 0.1) is 6.61 Å². The van der Waals surface area contributed by atoms with E-state index >= 15 is 0 Å². The molecule has 1 aromatic rings. The molecule has 8 nitrogen and oxygen atoms in total. The van der Waals surface area contributed by atoms with Gasteiger partial charge in [-0.1, -0.05) is 6.07 Å². The van der Waals surface area contributed by atoms with E-state index in [1.807, 2.05) is 32.0 Å². The number of hydrogen-bond donors (Lipinski definition) is 0. The third-order valence-electron chi connectivity index (χ3n) is 3.70. The lowest BCUT2D eigenvalue weighted by atomic mass is 10.1. The van der Waals surface area contributed by atoms with Crippen molar-refractivity contribution in [1.82, 2.24) is 4.90 Å². The highest BCUT2D eigenvalue weighted by Crippen LogP contribution is 2.33. The molecular weight excluding hydrogens is 330 g/mol. The fraction of sp³-hybridized carbons (Fsp3) is 0.529. The topological polar surface area (TPSA) is 83.5 Å². The molecule has 1 heterocycles. The van der Waals surface area contributed by atoms with E-state index in [1.165, 1.54) is 0 Å². The Morgan fingerprint density at radius 2 is 1.92 bits per heavy atom. The molecule has 1 aromatic carbocycles. The van der Waals surface area contributed by atoms with Gasteiger partial charge in [-0.15, -0.1) is 0 Å². The third kappa shape index (κ3) is 5.17. The molecule has 0 saturated heterocycles. The highest BCUT2D eigenvalue weighted by atomic mass is 16.8. The number of amides is 1. The van der Waals surface area contributed by atoms with Crippen molar-refractivity contribution in [3.63, 3.8) is 0 Å². The molecule has 0 spiro atoms. The molecule has 1 atom stereocenters. The average molecular weight is 353 g/mol. The van der Waals surface area contributed by atoms with Crippen LogP contribution in [0, 0.1) is 0 Å². The van der Waals surface area contributed by atoms with E-state index in [2.05, 4.69) is 9.47 Å². The quantitative estimate of drug-likeness (QED) is 0.550. The van der Waals surface area contributed by atoms with Crippen LogP contribution in [0.5, 0.6) is 11.5 Å². The Kier molecular flexibility index (Phi) is 6.73. The van der Waals surface area contributed by atoms with Gasteiger partial charge in [0.1, 0.15) is 0 Å². The van der Waals surface area contributed by atoms with Crippen molar-refractivity contribution in [3.05, 3.63) is 23.8 Å². The fourth-order valence-corrected chi connectivity index (χ4v) is 2.51. The average Bonchev–Trinajstić information content (AvgIpc) is 3.03. The molecule has 0 aliphatic carbocycles. The Morgan fingerprint density at radius 3 is 2.64 bits per heavy atom. The van der Waals surface area contributed by atoms with Gasteiger partial charge in [0.15, 0.2) is 11.5 Å². The van der Waals surface area contributed by atoms with Crippen LogP contribution in [0.4, 0.5) is 9.59 Å². The van der Waals surface area contributed by atoms with E-state index in [0.29, 0.717) is 18.7 Å². The summed E-state index contributed by atoms with van der Waals surface area (Å²) in [5, 5.41) is 0. The van der Waals surface area contributed by atoms with Crippen molar-refractivity contribution in [2.45, 2.75) is 33.2 Å². The summed E-state index contributed by atoms with van der Waals surface area (Å²) in [6.07, 6.45) is -0.801. The predicted molar refractivity (Wildman–Crippen MR) is 87.6 cm³/mol. The summed E-state index contributed by atoms with van der Waals surface area (Å²) in [5.74, 6) is 1.43. The maximum Gasteiger partial charge on any atom is 0.511 e. The molecule has 0 fully saturated rings.